The first-order valence-corrected chi connectivity index (χ1v) is 6.75. The second-order valence-corrected chi connectivity index (χ2v) is 4.62. The van der Waals surface area contributed by atoms with Crippen molar-refractivity contribution in [2.45, 2.75) is 39.2 Å². The Morgan fingerprint density at radius 3 is 2.88 bits per heavy atom. The first-order valence-electron chi connectivity index (χ1n) is 5.63. The van der Waals surface area contributed by atoms with E-state index in [0.717, 1.165) is 30.4 Å². The van der Waals surface area contributed by atoms with Crippen LogP contribution in [0.3, 0.4) is 0 Å². The van der Waals surface area contributed by atoms with E-state index in [2.05, 4.69) is 21.2 Å². The van der Waals surface area contributed by atoms with Gasteiger partial charge in [0.2, 0.25) is 0 Å². The number of carbonyl (C=O) groups excluding carboxylic acids is 1. The molecule has 1 aromatic rings. The molecule has 0 aliphatic carbocycles. The summed E-state index contributed by atoms with van der Waals surface area (Å²) < 4.78 is 5.38. The molecule has 1 rings (SSSR count). The van der Waals surface area contributed by atoms with E-state index in [4.69, 9.17) is 4.42 Å². The van der Waals surface area contributed by atoms with Crippen molar-refractivity contribution >= 4 is 21.8 Å². The van der Waals surface area contributed by atoms with Crippen LogP contribution in [0.15, 0.2) is 16.5 Å². The third kappa shape index (κ3) is 4.00. The third-order valence-electron chi connectivity index (χ3n) is 2.38. The van der Waals surface area contributed by atoms with Crippen molar-refractivity contribution in [3.8, 4) is 0 Å². The number of aryl methyl sites for hydroxylation is 1. The number of nitrogens with one attached hydrogen (secondary N) is 1. The van der Waals surface area contributed by atoms with Gasteiger partial charge in [0, 0.05) is 17.8 Å². The molecule has 0 fully saturated rings. The van der Waals surface area contributed by atoms with Gasteiger partial charge in [-0.1, -0.05) is 22.9 Å². The quantitative estimate of drug-likeness (QED) is 0.817. The highest BCUT2D eigenvalue weighted by Gasteiger charge is 2.12. The molecule has 90 valence electrons. The van der Waals surface area contributed by atoms with Gasteiger partial charge < -0.3 is 9.73 Å². The first kappa shape index (κ1) is 13.3. The highest BCUT2D eigenvalue weighted by atomic mass is 79.9. The first-order chi connectivity index (χ1) is 7.67. The molecule has 1 amide bonds. The minimum Gasteiger partial charge on any atom is -0.456 e. The molecule has 1 heterocycles. The number of hydrogen-bond acceptors (Lipinski definition) is 2. The Morgan fingerprint density at radius 2 is 2.31 bits per heavy atom. The zero-order valence-corrected chi connectivity index (χ0v) is 11.3. The van der Waals surface area contributed by atoms with Crippen LogP contribution in [0.5, 0.6) is 0 Å². The third-order valence-corrected chi connectivity index (χ3v) is 2.94. The van der Waals surface area contributed by atoms with Crippen molar-refractivity contribution in [2.24, 2.45) is 0 Å². The van der Waals surface area contributed by atoms with E-state index in [-0.39, 0.29) is 11.9 Å². The van der Waals surface area contributed by atoms with Crippen molar-refractivity contribution in [1.82, 2.24) is 5.32 Å². The van der Waals surface area contributed by atoms with E-state index >= 15 is 0 Å². The number of alkyl halides is 1. The highest BCUT2D eigenvalue weighted by molar-refractivity contribution is 9.09. The van der Waals surface area contributed by atoms with E-state index in [1.165, 1.54) is 0 Å². The fraction of sp³-hybridized carbons (Fsp3) is 0.583. The second-order valence-electron chi connectivity index (χ2n) is 3.83. The minimum atomic E-state index is -0.123. The van der Waals surface area contributed by atoms with Crippen molar-refractivity contribution in [3.63, 3.8) is 0 Å². The van der Waals surface area contributed by atoms with Gasteiger partial charge in [-0.25, -0.2) is 0 Å². The largest absolute Gasteiger partial charge is 0.456 e. The minimum absolute atomic E-state index is 0.123. The van der Waals surface area contributed by atoms with Crippen molar-refractivity contribution in [1.29, 1.82) is 0 Å². The van der Waals surface area contributed by atoms with Crippen LogP contribution in [0, 0.1) is 0 Å². The van der Waals surface area contributed by atoms with Crippen LogP contribution in [0.1, 0.15) is 43.0 Å². The number of hydrogen-bond donors (Lipinski definition) is 1. The topological polar surface area (TPSA) is 42.2 Å². The van der Waals surface area contributed by atoms with Gasteiger partial charge in [0.25, 0.3) is 5.91 Å². The predicted molar refractivity (Wildman–Crippen MR) is 68.0 cm³/mol. The number of amides is 1. The van der Waals surface area contributed by atoms with Gasteiger partial charge in [0.1, 0.15) is 5.76 Å². The lowest BCUT2D eigenvalue weighted by atomic mass is 10.2. The molecule has 3 nitrogen and oxygen atoms in total. The summed E-state index contributed by atoms with van der Waals surface area (Å²) in [5.74, 6) is 1.13. The molecule has 0 saturated heterocycles. The monoisotopic (exact) mass is 287 g/mol. The van der Waals surface area contributed by atoms with Crippen LogP contribution in [0.4, 0.5) is 0 Å². The van der Waals surface area contributed by atoms with Crippen LogP contribution < -0.4 is 5.32 Å². The van der Waals surface area contributed by atoms with E-state index in [1.807, 2.05) is 19.9 Å². The number of carbonyl (C=O) groups is 1. The molecule has 16 heavy (non-hydrogen) atoms. The molecule has 0 radical (unpaired) electrons. The van der Waals surface area contributed by atoms with Gasteiger partial charge in [-0.3, -0.25) is 4.79 Å². The summed E-state index contributed by atoms with van der Waals surface area (Å²) in [5, 5.41) is 3.88. The SMILES string of the molecule is CCc1ccc(C(=O)NC(C)CCCBr)o1. The zero-order valence-electron chi connectivity index (χ0n) is 9.75. The van der Waals surface area contributed by atoms with Crippen LogP contribution in [0.2, 0.25) is 0 Å². The lowest BCUT2D eigenvalue weighted by Crippen LogP contribution is -2.32. The Hall–Kier alpha value is -0.770. The normalized spacial score (nSPS) is 12.4. The van der Waals surface area contributed by atoms with Gasteiger partial charge in [-0.05, 0) is 31.9 Å². The van der Waals surface area contributed by atoms with E-state index in [0.29, 0.717) is 5.76 Å². The second kappa shape index (κ2) is 6.74. The molecule has 0 saturated carbocycles. The molecule has 0 aromatic carbocycles. The summed E-state index contributed by atoms with van der Waals surface area (Å²) in [6.45, 7) is 4.00. The molecule has 0 spiro atoms. The van der Waals surface area contributed by atoms with Crippen LogP contribution >= 0.6 is 15.9 Å². The van der Waals surface area contributed by atoms with Gasteiger partial charge >= 0.3 is 0 Å². The summed E-state index contributed by atoms with van der Waals surface area (Å²) in [7, 11) is 0. The average molecular weight is 288 g/mol. The van der Waals surface area contributed by atoms with E-state index < -0.39 is 0 Å². The summed E-state index contributed by atoms with van der Waals surface area (Å²) in [6, 6.07) is 3.75. The van der Waals surface area contributed by atoms with Gasteiger partial charge in [0.15, 0.2) is 5.76 Å². The molecular formula is C12H18BrNO2. The van der Waals surface area contributed by atoms with Crippen LogP contribution in [0.25, 0.3) is 0 Å². The van der Waals surface area contributed by atoms with E-state index in [9.17, 15) is 4.79 Å². The number of rotatable bonds is 6. The average Bonchev–Trinajstić information content (AvgIpc) is 2.74. The Morgan fingerprint density at radius 1 is 1.56 bits per heavy atom. The molecule has 1 aromatic heterocycles. The smallest absolute Gasteiger partial charge is 0.287 e. The molecule has 0 aliphatic heterocycles. The zero-order chi connectivity index (χ0) is 12.0. The maximum atomic E-state index is 11.7. The summed E-state index contributed by atoms with van der Waals surface area (Å²) in [4.78, 5) is 11.7. The van der Waals surface area contributed by atoms with Crippen molar-refractivity contribution < 1.29 is 9.21 Å². The molecule has 0 bridgehead atoms. The summed E-state index contributed by atoms with van der Waals surface area (Å²) in [5.41, 5.74) is 0. The highest BCUT2D eigenvalue weighted by Crippen LogP contribution is 2.09. The Bertz CT molecular complexity index is 336. The Kier molecular flexibility index (Phi) is 5.60. The fourth-order valence-electron chi connectivity index (χ4n) is 1.44. The fourth-order valence-corrected chi connectivity index (χ4v) is 1.76. The molecular weight excluding hydrogens is 270 g/mol. The predicted octanol–water partition coefficient (Wildman–Crippen LogP) is 3.14. The molecule has 1 atom stereocenters. The number of furan rings is 1. The lowest BCUT2D eigenvalue weighted by Gasteiger charge is -2.11. The van der Waals surface area contributed by atoms with Gasteiger partial charge in [-0.2, -0.15) is 0 Å². The molecule has 1 unspecified atom stereocenters. The van der Waals surface area contributed by atoms with Gasteiger partial charge in [0.05, 0.1) is 0 Å². The van der Waals surface area contributed by atoms with Gasteiger partial charge in [-0.15, -0.1) is 0 Å². The van der Waals surface area contributed by atoms with Crippen molar-refractivity contribution in [3.05, 3.63) is 23.7 Å². The molecule has 0 aliphatic rings. The maximum Gasteiger partial charge on any atom is 0.287 e. The maximum absolute atomic E-state index is 11.7. The van der Waals surface area contributed by atoms with Crippen molar-refractivity contribution in [2.75, 3.05) is 5.33 Å². The summed E-state index contributed by atoms with van der Waals surface area (Å²) in [6.07, 6.45) is 2.84. The standard InChI is InChI=1S/C12H18BrNO2/c1-3-10-6-7-11(16-10)12(15)14-9(2)5-4-8-13/h6-7,9H,3-5,8H2,1-2H3,(H,14,15). The lowest BCUT2D eigenvalue weighted by molar-refractivity contribution is 0.0908. The molecule has 1 N–H and O–H groups in total. The van der Waals surface area contributed by atoms with E-state index in [1.54, 1.807) is 6.07 Å². The van der Waals surface area contributed by atoms with Crippen LogP contribution in [-0.2, 0) is 6.42 Å². The summed E-state index contributed by atoms with van der Waals surface area (Å²) >= 11 is 3.37. The Labute approximate surface area is 105 Å². The molecule has 4 heteroatoms. The number of halogens is 1. The Balaban J connectivity index is 2.45. The van der Waals surface area contributed by atoms with Crippen LogP contribution in [-0.4, -0.2) is 17.3 Å².